The first-order valence-electron chi connectivity index (χ1n) is 0.612. The third kappa shape index (κ3) is 47.7. The summed E-state index contributed by atoms with van der Waals surface area (Å²) in [6.07, 6.45) is 0. The van der Waals surface area contributed by atoms with E-state index in [1.807, 2.05) is 0 Å². The van der Waals surface area contributed by atoms with Gasteiger partial charge in [-0.1, -0.05) is 0 Å². The van der Waals surface area contributed by atoms with Crippen LogP contribution in [-0.4, -0.2) is 43.0 Å². The number of hydrogen-bond acceptors (Lipinski definition) is 3. The first-order chi connectivity index (χ1) is 1.73. The summed E-state index contributed by atoms with van der Waals surface area (Å²) in [5.74, 6) is 0. The van der Waals surface area contributed by atoms with E-state index >= 15 is 0 Å². The molecule has 0 aliphatic rings. The summed E-state index contributed by atoms with van der Waals surface area (Å²) in [6, 6.07) is 0. The van der Waals surface area contributed by atoms with Crippen LogP contribution in [0.25, 0.3) is 0 Å². The van der Waals surface area contributed by atoms with E-state index in [2.05, 4.69) is 12.2 Å². The van der Waals surface area contributed by atoms with E-state index in [-0.39, 0.29) is 37.7 Å². The van der Waals surface area contributed by atoms with Gasteiger partial charge in [0.1, 0.15) is 0 Å². The fraction of sp³-hybridized carbons (Fsp3) is 0. The minimum atomic E-state index is -1.50. The molecule has 0 heterocycles. The van der Waals surface area contributed by atoms with Crippen molar-refractivity contribution in [3.05, 3.63) is 0 Å². The van der Waals surface area contributed by atoms with Crippen molar-refractivity contribution in [2.75, 3.05) is 0 Å². The van der Waals surface area contributed by atoms with Crippen molar-refractivity contribution in [1.82, 2.24) is 0 Å². The van der Waals surface area contributed by atoms with Gasteiger partial charge in [0.15, 0.2) is 0 Å². The molecule has 0 bridgehead atoms. The summed E-state index contributed by atoms with van der Waals surface area (Å²) in [5.41, 5.74) is 0. The maximum atomic E-state index is 8.70. The van der Waals surface area contributed by atoms with E-state index in [0.717, 1.165) is 0 Å². The molecule has 24 valence electrons. The Kier molecular flexibility index (Phi) is 9.25. The fourth-order valence-electron chi connectivity index (χ4n) is 0. The van der Waals surface area contributed by atoms with E-state index in [4.69, 9.17) is 10.2 Å². The smallest absolute Gasteiger partial charge is 0.876 e. The van der Waals surface area contributed by atoms with Crippen LogP contribution in [-0.2, 0) is 0 Å². The van der Waals surface area contributed by atoms with Crippen molar-refractivity contribution in [1.29, 1.82) is 0 Å². The number of hydrogen-bond donors (Lipinski definition) is 0. The zero-order valence-electron chi connectivity index (χ0n) is 2.43. The zero-order valence-corrected chi connectivity index (χ0v) is 5.46. The normalized spacial score (nSPS) is 4.80. The summed E-state index contributed by atoms with van der Waals surface area (Å²) >= 11 is 3.43. The van der Waals surface area contributed by atoms with E-state index in [9.17, 15) is 0 Å². The molecule has 0 amide bonds. The Morgan fingerprint density at radius 2 is 1.40 bits per heavy atom. The SMILES string of the molecule is [Ca+2].[O-]C([O-])=S. The molecule has 5 heavy (non-hydrogen) atoms. The Morgan fingerprint density at radius 1 is 1.40 bits per heavy atom. The van der Waals surface area contributed by atoms with Crippen LogP contribution in [0.15, 0.2) is 0 Å². The molecule has 4 heteroatoms. The molecule has 0 aliphatic carbocycles. The van der Waals surface area contributed by atoms with Crippen LogP contribution in [0.3, 0.4) is 0 Å². The quantitative estimate of drug-likeness (QED) is 0.262. The van der Waals surface area contributed by atoms with Crippen LogP contribution in [0.4, 0.5) is 0 Å². The number of rotatable bonds is 0. The van der Waals surface area contributed by atoms with Gasteiger partial charge in [0.2, 0.25) is 0 Å². The maximum Gasteiger partial charge on any atom is 2.00 e. The van der Waals surface area contributed by atoms with Crippen LogP contribution in [0.1, 0.15) is 0 Å². The molecule has 0 radical (unpaired) electrons. The molecule has 0 aromatic rings. The zero-order chi connectivity index (χ0) is 3.58. The van der Waals surface area contributed by atoms with Crippen LogP contribution < -0.4 is 10.2 Å². The Balaban J connectivity index is 0. The van der Waals surface area contributed by atoms with Gasteiger partial charge >= 0.3 is 37.7 Å². The standard InChI is InChI=1S/CH2O2S.Ca/c2-1(3)4;/h(H2,2,3,4);/q;+2/p-2. The van der Waals surface area contributed by atoms with Gasteiger partial charge in [-0.2, -0.15) is 0 Å². The average molecular weight is 116 g/mol. The average Bonchev–Trinajstić information content (AvgIpc) is 0.811. The molecule has 0 aliphatic heterocycles. The van der Waals surface area contributed by atoms with Crippen LogP contribution >= 0.6 is 12.2 Å². The topological polar surface area (TPSA) is 46.1 Å². The van der Waals surface area contributed by atoms with Gasteiger partial charge in [-0.05, 0) is 0 Å². The third-order valence-corrected chi connectivity index (χ3v) is 0. The van der Waals surface area contributed by atoms with E-state index in [1.54, 1.807) is 0 Å². The Morgan fingerprint density at radius 3 is 1.40 bits per heavy atom. The second-order valence-corrected chi connectivity index (χ2v) is 0.583. The Labute approximate surface area is 64.8 Å². The first-order valence-corrected chi connectivity index (χ1v) is 1.02. The summed E-state index contributed by atoms with van der Waals surface area (Å²) < 4.78 is 0. The van der Waals surface area contributed by atoms with Crippen molar-refractivity contribution in [3.63, 3.8) is 0 Å². The molecule has 0 aromatic carbocycles. The Bertz CT molecular complexity index is 32.6. The molecule has 0 unspecified atom stereocenters. The summed E-state index contributed by atoms with van der Waals surface area (Å²) in [7, 11) is 0. The third-order valence-electron chi connectivity index (χ3n) is 0. The van der Waals surface area contributed by atoms with Crippen LogP contribution in [0.2, 0.25) is 0 Å². The van der Waals surface area contributed by atoms with Gasteiger partial charge in [0, 0.05) is 0 Å². The van der Waals surface area contributed by atoms with Crippen molar-refractivity contribution in [3.8, 4) is 0 Å². The predicted octanol–water partition coefficient (Wildman–Crippen LogP) is -2.39. The molecule has 0 aromatic heterocycles. The number of thiocarbonyl (C=S) groups is 1. The molecule has 0 saturated carbocycles. The summed E-state index contributed by atoms with van der Waals surface area (Å²) in [4.78, 5) is 0. The molecule has 0 rings (SSSR count). The van der Waals surface area contributed by atoms with Gasteiger partial charge in [-0.3, -0.25) is 0 Å². The van der Waals surface area contributed by atoms with Crippen LogP contribution in [0, 0.1) is 0 Å². The van der Waals surface area contributed by atoms with Gasteiger partial charge < -0.3 is 10.2 Å². The minimum absolute atomic E-state index is 0. The summed E-state index contributed by atoms with van der Waals surface area (Å²) in [5, 5.41) is 15.9. The van der Waals surface area contributed by atoms with Crippen molar-refractivity contribution >= 4 is 55.2 Å². The summed E-state index contributed by atoms with van der Waals surface area (Å²) in [6.45, 7) is 0. The molecular weight excluding hydrogens is 116 g/mol. The van der Waals surface area contributed by atoms with Crippen LogP contribution in [0.5, 0.6) is 0 Å². The van der Waals surface area contributed by atoms with Crippen molar-refractivity contribution in [2.45, 2.75) is 0 Å². The van der Waals surface area contributed by atoms with E-state index < -0.39 is 5.24 Å². The van der Waals surface area contributed by atoms with Crippen molar-refractivity contribution < 1.29 is 10.2 Å². The largest absolute Gasteiger partial charge is 2.00 e. The molecule has 0 spiro atoms. The molecule has 0 fully saturated rings. The minimum Gasteiger partial charge on any atom is -0.876 e. The van der Waals surface area contributed by atoms with Gasteiger partial charge in [-0.15, -0.1) is 17.5 Å². The van der Waals surface area contributed by atoms with Crippen molar-refractivity contribution in [2.24, 2.45) is 0 Å². The molecule has 0 atom stereocenters. The van der Waals surface area contributed by atoms with Gasteiger partial charge in [-0.25, -0.2) is 0 Å². The van der Waals surface area contributed by atoms with Gasteiger partial charge in [0.25, 0.3) is 0 Å². The second-order valence-electron chi connectivity index (χ2n) is 0.250. The van der Waals surface area contributed by atoms with E-state index in [1.165, 1.54) is 0 Å². The Hall–Kier alpha value is 0.950. The second kappa shape index (κ2) is 4.95. The molecule has 0 saturated heterocycles. The van der Waals surface area contributed by atoms with E-state index in [0.29, 0.717) is 0 Å². The maximum absolute atomic E-state index is 8.70. The molecule has 2 nitrogen and oxygen atoms in total. The first kappa shape index (κ1) is 9.34. The predicted molar refractivity (Wildman–Crippen MR) is 18.4 cm³/mol. The monoisotopic (exact) mass is 116 g/mol. The molecule has 0 N–H and O–H groups in total. The molecular formula is CCaO2S. The van der Waals surface area contributed by atoms with Gasteiger partial charge in [0.05, 0.1) is 0 Å². The fourth-order valence-corrected chi connectivity index (χ4v) is 0.